The fourth-order valence-corrected chi connectivity index (χ4v) is 6.24. The zero-order valence-electron chi connectivity index (χ0n) is 16.0. The van der Waals surface area contributed by atoms with Crippen LogP contribution in [-0.4, -0.2) is 44.4 Å². The molecule has 8 heteroatoms. The third-order valence-corrected chi connectivity index (χ3v) is 8.21. The lowest BCUT2D eigenvalue weighted by Crippen LogP contribution is -2.45. The van der Waals surface area contributed by atoms with E-state index in [9.17, 15) is 13.2 Å². The Morgan fingerprint density at radius 2 is 2.07 bits per heavy atom. The van der Waals surface area contributed by atoms with Gasteiger partial charge in [0.05, 0.1) is 0 Å². The van der Waals surface area contributed by atoms with Crippen molar-refractivity contribution in [3.05, 3.63) is 47.3 Å². The quantitative estimate of drug-likeness (QED) is 0.709. The molecule has 1 N–H and O–H groups in total. The molecule has 1 amide bonds. The first kappa shape index (κ1) is 20.8. The summed E-state index contributed by atoms with van der Waals surface area (Å²) in [5.74, 6) is 0.491. The molecule has 3 rings (SSSR count). The van der Waals surface area contributed by atoms with Crippen LogP contribution in [0.1, 0.15) is 31.2 Å². The summed E-state index contributed by atoms with van der Waals surface area (Å²) in [5.41, 5.74) is 0.979. The molecule has 1 aromatic carbocycles. The molecular formula is C20H26N2O4S2. The molecule has 1 fully saturated rings. The average Bonchev–Trinajstić information content (AvgIpc) is 3.23. The smallest absolute Gasteiger partial charge is 0.257 e. The van der Waals surface area contributed by atoms with E-state index in [1.54, 1.807) is 21.8 Å². The van der Waals surface area contributed by atoms with Crippen LogP contribution in [0.5, 0.6) is 5.75 Å². The number of aryl methyl sites for hydroxylation is 1. The minimum Gasteiger partial charge on any atom is -0.484 e. The van der Waals surface area contributed by atoms with Gasteiger partial charge in [-0.3, -0.25) is 4.79 Å². The Morgan fingerprint density at radius 3 is 2.82 bits per heavy atom. The molecule has 0 aliphatic carbocycles. The molecule has 1 aliphatic rings. The SMILES string of the molecule is Cc1ccccc1OCC(=O)NCCC1CCCCN1S(=O)(=O)c1cccs1. The van der Waals surface area contributed by atoms with Crippen LogP contribution in [0, 0.1) is 6.92 Å². The maximum absolute atomic E-state index is 12.9. The van der Waals surface area contributed by atoms with E-state index in [1.807, 2.05) is 31.2 Å². The standard InChI is InChI=1S/C20H26N2O4S2/c1-16-7-2-3-9-18(16)26-15-19(23)21-12-11-17-8-4-5-13-22(17)28(24,25)20-10-6-14-27-20/h2-3,6-7,9-10,14,17H,4-5,8,11-13,15H2,1H3,(H,21,23). The molecule has 2 aromatic rings. The molecule has 0 saturated carbocycles. The normalized spacial score (nSPS) is 18.0. The van der Waals surface area contributed by atoms with Gasteiger partial charge in [0.2, 0.25) is 0 Å². The highest BCUT2D eigenvalue weighted by atomic mass is 32.2. The van der Waals surface area contributed by atoms with Crippen LogP contribution in [-0.2, 0) is 14.8 Å². The number of benzene rings is 1. The van der Waals surface area contributed by atoms with Gasteiger partial charge in [-0.25, -0.2) is 8.42 Å². The lowest BCUT2D eigenvalue weighted by molar-refractivity contribution is -0.123. The molecule has 152 valence electrons. The zero-order valence-corrected chi connectivity index (χ0v) is 17.6. The Labute approximate surface area is 170 Å². The van der Waals surface area contributed by atoms with Crippen molar-refractivity contribution in [2.45, 2.75) is 42.9 Å². The van der Waals surface area contributed by atoms with E-state index in [0.717, 1.165) is 24.8 Å². The van der Waals surface area contributed by atoms with Crippen LogP contribution in [0.4, 0.5) is 0 Å². The van der Waals surface area contributed by atoms with Gasteiger partial charge in [0, 0.05) is 19.1 Å². The summed E-state index contributed by atoms with van der Waals surface area (Å²) in [6.45, 7) is 2.85. The number of nitrogens with zero attached hydrogens (tertiary/aromatic N) is 1. The number of carbonyl (C=O) groups is 1. The number of sulfonamides is 1. The maximum Gasteiger partial charge on any atom is 0.257 e. The van der Waals surface area contributed by atoms with Crippen molar-refractivity contribution in [2.75, 3.05) is 19.7 Å². The number of nitrogens with one attached hydrogen (secondary N) is 1. The van der Waals surface area contributed by atoms with Crippen LogP contribution in [0.3, 0.4) is 0 Å². The van der Waals surface area contributed by atoms with Gasteiger partial charge in [-0.15, -0.1) is 11.3 Å². The number of amides is 1. The third-order valence-electron chi connectivity index (χ3n) is 4.88. The Bertz CT molecular complexity index is 881. The van der Waals surface area contributed by atoms with Gasteiger partial charge in [-0.1, -0.05) is 30.7 Å². The van der Waals surface area contributed by atoms with Crippen molar-refractivity contribution < 1.29 is 17.9 Å². The van der Waals surface area contributed by atoms with Gasteiger partial charge < -0.3 is 10.1 Å². The van der Waals surface area contributed by atoms with Crippen molar-refractivity contribution in [3.63, 3.8) is 0 Å². The lowest BCUT2D eigenvalue weighted by atomic mass is 10.0. The van der Waals surface area contributed by atoms with Gasteiger partial charge in [-0.2, -0.15) is 4.31 Å². The van der Waals surface area contributed by atoms with E-state index in [1.165, 1.54) is 11.3 Å². The maximum atomic E-state index is 12.9. The summed E-state index contributed by atoms with van der Waals surface area (Å²) >= 11 is 1.24. The Morgan fingerprint density at radius 1 is 1.25 bits per heavy atom. The Kier molecular flexibility index (Phi) is 7.09. The van der Waals surface area contributed by atoms with Crippen LogP contribution < -0.4 is 10.1 Å². The lowest BCUT2D eigenvalue weighted by Gasteiger charge is -2.34. The van der Waals surface area contributed by atoms with E-state index in [2.05, 4.69) is 5.32 Å². The molecule has 1 aromatic heterocycles. The number of para-hydroxylation sites is 1. The summed E-state index contributed by atoms with van der Waals surface area (Å²) in [4.78, 5) is 12.1. The number of ether oxygens (including phenoxy) is 1. The van der Waals surface area contributed by atoms with E-state index in [4.69, 9.17) is 4.74 Å². The minimum atomic E-state index is -3.46. The second-order valence-electron chi connectivity index (χ2n) is 6.89. The number of piperidine rings is 1. The molecule has 6 nitrogen and oxygen atoms in total. The summed E-state index contributed by atoms with van der Waals surface area (Å²) in [7, 11) is -3.46. The number of hydrogen-bond acceptors (Lipinski definition) is 5. The third kappa shape index (κ3) is 5.12. The summed E-state index contributed by atoms with van der Waals surface area (Å²) in [5, 5.41) is 4.62. The van der Waals surface area contributed by atoms with Crippen LogP contribution >= 0.6 is 11.3 Å². The summed E-state index contributed by atoms with van der Waals surface area (Å²) in [6.07, 6.45) is 3.30. The molecule has 28 heavy (non-hydrogen) atoms. The molecule has 1 saturated heterocycles. The molecule has 1 aliphatic heterocycles. The highest BCUT2D eigenvalue weighted by Gasteiger charge is 2.33. The second kappa shape index (κ2) is 9.54. The van der Waals surface area contributed by atoms with Gasteiger partial charge in [0.1, 0.15) is 9.96 Å². The summed E-state index contributed by atoms with van der Waals surface area (Å²) < 4.78 is 33.3. The van der Waals surface area contributed by atoms with Crippen LogP contribution in [0.2, 0.25) is 0 Å². The first-order chi connectivity index (χ1) is 13.5. The number of rotatable bonds is 8. The Hall–Kier alpha value is -1.90. The highest BCUT2D eigenvalue weighted by molar-refractivity contribution is 7.91. The largest absolute Gasteiger partial charge is 0.484 e. The van der Waals surface area contributed by atoms with Crippen LogP contribution in [0.25, 0.3) is 0 Å². The fourth-order valence-electron chi connectivity index (χ4n) is 3.40. The van der Waals surface area contributed by atoms with Crippen molar-refractivity contribution in [1.29, 1.82) is 0 Å². The zero-order chi connectivity index (χ0) is 20.0. The minimum absolute atomic E-state index is 0.0489. The first-order valence-electron chi connectivity index (χ1n) is 9.49. The van der Waals surface area contributed by atoms with Gasteiger partial charge >= 0.3 is 0 Å². The predicted octanol–water partition coefficient (Wildman–Crippen LogP) is 3.19. The van der Waals surface area contributed by atoms with Gasteiger partial charge in [0.15, 0.2) is 6.61 Å². The van der Waals surface area contributed by atoms with Gasteiger partial charge in [-0.05, 0) is 49.3 Å². The van der Waals surface area contributed by atoms with E-state index >= 15 is 0 Å². The van der Waals surface area contributed by atoms with E-state index < -0.39 is 10.0 Å². The molecule has 1 atom stereocenters. The first-order valence-corrected chi connectivity index (χ1v) is 11.8. The van der Waals surface area contributed by atoms with E-state index in [-0.39, 0.29) is 18.6 Å². The molecule has 1 unspecified atom stereocenters. The highest BCUT2D eigenvalue weighted by Crippen LogP contribution is 2.29. The van der Waals surface area contributed by atoms with Crippen molar-refractivity contribution in [3.8, 4) is 5.75 Å². The van der Waals surface area contributed by atoms with Crippen molar-refractivity contribution >= 4 is 27.3 Å². The molecule has 2 heterocycles. The summed E-state index contributed by atoms with van der Waals surface area (Å²) in [6, 6.07) is 10.9. The molecule has 0 bridgehead atoms. The number of carbonyl (C=O) groups excluding carboxylic acids is 1. The topological polar surface area (TPSA) is 75.7 Å². The van der Waals surface area contributed by atoms with Crippen LogP contribution in [0.15, 0.2) is 46.0 Å². The predicted molar refractivity (Wildman–Crippen MR) is 110 cm³/mol. The van der Waals surface area contributed by atoms with E-state index in [0.29, 0.717) is 29.5 Å². The van der Waals surface area contributed by atoms with Gasteiger partial charge in [0.25, 0.3) is 15.9 Å². The molecule has 0 spiro atoms. The monoisotopic (exact) mass is 422 g/mol. The molecular weight excluding hydrogens is 396 g/mol. The number of hydrogen-bond donors (Lipinski definition) is 1. The average molecular weight is 423 g/mol. The Balaban J connectivity index is 1.50. The fraction of sp³-hybridized carbons (Fsp3) is 0.450. The second-order valence-corrected chi connectivity index (χ2v) is 9.96. The van der Waals surface area contributed by atoms with Crippen molar-refractivity contribution in [1.82, 2.24) is 9.62 Å². The van der Waals surface area contributed by atoms with Crippen molar-refractivity contribution in [2.24, 2.45) is 0 Å². The number of thiophene rings is 1. The molecule has 0 radical (unpaired) electrons.